The lowest BCUT2D eigenvalue weighted by Crippen LogP contribution is -2.48. The number of fused-ring (bicyclic) bond motifs is 1. The highest BCUT2D eigenvalue weighted by atomic mass is 35.5. The zero-order chi connectivity index (χ0) is 30.0. The largest absolute Gasteiger partial charge is 0.345 e. The molecule has 0 bridgehead atoms. The van der Waals surface area contributed by atoms with E-state index in [2.05, 4.69) is 10.2 Å². The van der Waals surface area contributed by atoms with Gasteiger partial charge in [0.05, 0.1) is 21.7 Å². The molecule has 3 aromatic carbocycles. The quantitative estimate of drug-likeness (QED) is 0.297. The molecule has 2 saturated heterocycles. The van der Waals surface area contributed by atoms with E-state index >= 15 is 0 Å². The van der Waals surface area contributed by atoms with Crippen molar-refractivity contribution in [1.82, 2.24) is 15.1 Å². The number of carbonyl (C=O) groups excluding carboxylic acids is 2. The van der Waals surface area contributed by atoms with Crippen molar-refractivity contribution in [3.05, 3.63) is 104 Å². The van der Waals surface area contributed by atoms with E-state index in [1.807, 2.05) is 29.2 Å². The first-order chi connectivity index (χ1) is 20.8. The number of benzene rings is 3. The third-order valence-electron chi connectivity index (χ3n) is 9.83. The Bertz CT molecular complexity index is 1490. The Morgan fingerprint density at radius 3 is 2.44 bits per heavy atom. The van der Waals surface area contributed by atoms with Crippen LogP contribution in [0.3, 0.4) is 0 Å². The first-order valence-corrected chi connectivity index (χ1v) is 16.2. The predicted octanol–water partition coefficient (Wildman–Crippen LogP) is 7.50. The molecule has 0 saturated carbocycles. The highest BCUT2D eigenvalue weighted by Crippen LogP contribution is 2.42. The van der Waals surface area contributed by atoms with Gasteiger partial charge in [-0.25, -0.2) is 4.39 Å². The molecule has 1 N–H and O–H groups in total. The Balaban J connectivity index is 1.00. The summed E-state index contributed by atoms with van der Waals surface area (Å²) in [6.45, 7) is 4.79. The van der Waals surface area contributed by atoms with Crippen molar-refractivity contribution in [2.45, 2.75) is 57.4 Å². The first-order valence-electron chi connectivity index (χ1n) is 15.4. The summed E-state index contributed by atoms with van der Waals surface area (Å²) in [5.74, 6) is -0.352. The lowest BCUT2D eigenvalue weighted by atomic mass is 9.71. The average Bonchev–Trinajstić information content (AvgIpc) is 3.41. The highest BCUT2D eigenvalue weighted by Gasteiger charge is 2.38. The molecule has 2 amide bonds. The molecule has 3 aliphatic rings. The molecule has 1 spiro atoms. The molecule has 0 aromatic heterocycles. The lowest BCUT2D eigenvalue weighted by molar-refractivity contribution is 0.0300. The van der Waals surface area contributed by atoms with Crippen LogP contribution >= 0.6 is 23.2 Å². The Labute approximate surface area is 263 Å². The Kier molecular flexibility index (Phi) is 9.08. The molecular formula is C35H38Cl2FN3O2. The van der Waals surface area contributed by atoms with Gasteiger partial charge in [0.15, 0.2) is 0 Å². The van der Waals surface area contributed by atoms with Crippen LogP contribution < -0.4 is 5.32 Å². The van der Waals surface area contributed by atoms with Crippen molar-refractivity contribution in [1.29, 1.82) is 0 Å². The van der Waals surface area contributed by atoms with Crippen molar-refractivity contribution >= 4 is 35.0 Å². The average molecular weight is 623 g/mol. The van der Waals surface area contributed by atoms with Gasteiger partial charge in [-0.15, -0.1) is 0 Å². The Morgan fingerprint density at radius 1 is 0.930 bits per heavy atom. The Morgan fingerprint density at radius 2 is 1.67 bits per heavy atom. The van der Waals surface area contributed by atoms with Crippen LogP contribution in [-0.4, -0.2) is 54.3 Å². The minimum Gasteiger partial charge on any atom is -0.345 e. The monoisotopic (exact) mass is 621 g/mol. The van der Waals surface area contributed by atoms with Crippen molar-refractivity contribution in [2.24, 2.45) is 5.41 Å². The number of amides is 2. The first kappa shape index (κ1) is 30.1. The summed E-state index contributed by atoms with van der Waals surface area (Å²) in [5.41, 5.74) is 4.60. The summed E-state index contributed by atoms with van der Waals surface area (Å²) in [6, 6.07) is 17.7. The standard InChI is InChI=1S/C35H38Cl2FN3O2/c36-30-8-2-7-28(32(30)37)33(42)39-31-12-11-25-9-10-26(23-29(25)31)34(43)41-20-15-35(16-21-41)13-18-40(19-14-35)17-3-5-24-4-1-6-27(38)22-24/h1-2,4,6-10,22-23,31H,3,5,11-21H2,(H,39,42). The summed E-state index contributed by atoms with van der Waals surface area (Å²) < 4.78 is 13.5. The maximum Gasteiger partial charge on any atom is 0.253 e. The number of carbonyl (C=O) groups is 2. The maximum absolute atomic E-state index is 13.6. The molecule has 2 fully saturated rings. The van der Waals surface area contributed by atoms with Gasteiger partial charge in [0.1, 0.15) is 5.82 Å². The van der Waals surface area contributed by atoms with Crippen LogP contribution in [0.2, 0.25) is 10.0 Å². The van der Waals surface area contributed by atoms with Crippen LogP contribution in [0.1, 0.15) is 82.0 Å². The topological polar surface area (TPSA) is 52.7 Å². The summed E-state index contributed by atoms with van der Waals surface area (Å²) in [5, 5.41) is 3.70. The van der Waals surface area contributed by atoms with E-state index in [1.165, 1.54) is 24.5 Å². The third kappa shape index (κ3) is 6.77. The minimum atomic E-state index is -0.263. The molecule has 8 heteroatoms. The van der Waals surface area contributed by atoms with E-state index in [1.54, 1.807) is 30.3 Å². The van der Waals surface area contributed by atoms with Crippen molar-refractivity contribution in [3.63, 3.8) is 0 Å². The number of hydrogen-bond acceptors (Lipinski definition) is 3. The molecule has 2 aliphatic heterocycles. The van der Waals surface area contributed by atoms with E-state index in [0.717, 1.165) is 82.4 Å². The number of nitrogens with one attached hydrogen (secondary N) is 1. The second kappa shape index (κ2) is 13.0. The number of aryl methyl sites for hydroxylation is 2. The predicted molar refractivity (Wildman–Crippen MR) is 169 cm³/mol. The van der Waals surface area contributed by atoms with Crippen LogP contribution in [-0.2, 0) is 12.8 Å². The molecule has 1 unspecified atom stereocenters. The van der Waals surface area contributed by atoms with Gasteiger partial charge < -0.3 is 15.1 Å². The molecule has 226 valence electrons. The molecule has 2 heterocycles. The number of nitrogens with zero attached hydrogens (tertiary/aromatic N) is 2. The van der Waals surface area contributed by atoms with Gasteiger partial charge in [0.2, 0.25) is 0 Å². The van der Waals surface area contributed by atoms with Crippen LogP contribution in [0, 0.1) is 11.2 Å². The van der Waals surface area contributed by atoms with Crippen LogP contribution in [0.5, 0.6) is 0 Å². The van der Waals surface area contributed by atoms with Crippen molar-refractivity contribution in [3.8, 4) is 0 Å². The van der Waals surface area contributed by atoms with Crippen molar-refractivity contribution < 1.29 is 14.0 Å². The van der Waals surface area contributed by atoms with E-state index in [4.69, 9.17) is 23.2 Å². The molecule has 43 heavy (non-hydrogen) atoms. The van der Waals surface area contributed by atoms with E-state index in [9.17, 15) is 14.0 Å². The summed E-state index contributed by atoms with van der Waals surface area (Å²) in [6.07, 6.45) is 8.01. The number of halogens is 3. The summed E-state index contributed by atoms with van der Waals surface area (Å²) >= 11 is 12.4. The number of hydrogen-bond donors (Lipinski definition) is 1. The third-order valence-corrected chi connectivity index (χ3v) is 10.6. The number of rotatable bonds is 7. The van der Waals surface area contributed by atoms with E-state index < -0.39 is 0 Å². The SMILES string of the molecule is O=C(NC1CCc2ccc(C(=O)N3CCC4(CCN(CCCc5cccc(F)c5)CC4)CC3)cc21)c1cccc(Cl)c1Cl. The van der Waals surface area contributed by atoms with Gasteiger partial charge in [-0.3, -0.25) is 9.59 Å². The van der Waals surface area contributed by atoms with Gasteiger partial charge in [-0.1, -0.05) is 47.5 Å². The second-order valence-electron chi connectivity index (χ2n) is 12.4. The molecule has 3 aromatic rings. The lowest BCUT2D eigenvalue weighted by Gasteiger charge is -2.47. The van der Waals surface area contributed by atoms with Crippen molar-refractivity contribution in [2.75, 3.05) is 32.7 Å². The molecule has 0 radical (unpaired) electrons. The molecular weight excluding hydrogens is 584 g/mol. The minimum absolute atomic E-state index is 0.0716. The van der Waals surface area contributed by atoms with Crippen LogP contribution in [0.25, 0.3) is 0 Å². The fourth-order valence-corrected chi connectivity index (χ4v) is 7.50. The fourth-order valence-electron chi connectivity index (χ4n) is 7.12. The van der Waals surface area contributed by atoms with E-state index in [0.29, 0.717) is 21.6 Å². The van der Waals surface area contributed by atoms with Crippen LogP contribution in [0.4, 0.5) is 4.39 Å². The molecule has 1 aliphatic carbocycles. The van der Waals surface area contributed by atoms with Gasteiger partial charge in [0, 0.05) is 18.7 Å². The molecule has 5 nitrogen and oxygen atoms in total. The summed E-state index contributed by atoms with van der Waals surface area (Å²) in [4.78, 5) is 31.1. The normalized spacial score (nSPS) is 19.8. The smallest absolute Gasteiger partial charge is 0.253 e. The number of piperidine rings is 2. The van der Waals surface area contributed by atoms with Gasteiger partial charge in [-0.05, 0) is 130 Å². The van der Waals surface area contributed by atoms with Gasteiger partial charge in [-0.2, -0.15) is 0 Å². The number of likely N-dealkylation sites (tertiary alicyclic amines) is 2. The fraction of sp³-hybridized carbons (Fsp3) is 0.429. The molecule has 6 rings (SSSR count). The maximum atomic E-state index is 13.6. The van der Waals surface area contributed by atoms with E-state index in [-0.39, 0.29) is 28.7 Å². The second-order valence-corrected chi connectivity index (χ2v) is 13.2. The van der Waals surface area contributed by atoms with Crippen LogP contribution in [0.15, 0.2) is 60.7 Å². The summed E-state index contributed by atoms with van der Waals surface area (Å²) in [7, 11) is 0. The molecule has 1 atom stereocenters. The van der Waals surface area contributed by atoms with Gasteiger partial charge >= 0.3 is 0 Å². The zero-order valence-electron chi connectivity index (χ0n) is 24.4. The van der Waals surface area contributed by atoms with Gasteiger partial charge in [0.25, 0.3) is 11.8 Å². The Hall–Kier alpha value is -2.93. The zero-order valence-corrected chi connectivity index (χ0v) is 25.9. The highest BCUT2D eigenvalue weighted by molar-refractivity contribution is 6.43.